The summed E-state index contributed by atoms with van der Waals surface area (Å²) in [5.41, 5.74) is 0.807. The third-order valence-corrected chi connectivity index (χ3v) is 6.15. The highest BCUT2D eigenvalue weighted by Gasteiger charge is 2.30. The van der Waals surface area contributed by atoms with E-state index in [4.69, 9.17) is 18.7 Å². The SMILES string of the molecule is COCC(=O)N1C[C@@H](C)[C@H](OC)CN(C)C(=O)c2cc(NC(=O)c3cc(C)on3)ccc2OC[C@@H]1C. The zero-order chi connectivity index (χ0) is 26.4. The largest absolute Gasteiger partial charge is 0.491 e. The van der Waals surface area contributed by atoms with E-state index in [-0.39, 0.29) is 54.3 Å². The van der Waals surface area contributed by atoms with Crippen molar-refractivity contribution in [2.24, 2.45) is 5.92 Å². The minimum atomic E-state index is -0.462. The van der Waals surface area contributed by atoms with Gasteiger partial charge in [-0.05, 0) is 32.0 Å². The van der Waals surface area contributed by atoms with Crippen LogP contribution in [-0.4, -0.2) is 92.4 Å². The Kier molecular flexibility index (Phi) is 9.05. The molecule has 11 nitrogen and oxygen atoms in total. The topological polar surface area (TPSA) is 123 Å². The first-order valence-corrected chi connectivity index (χ1v) is 11.7. The fourth-order valence-electron chi connectivity index (χ4n) is 4.08. The number of nitrogens with one attached hydrogen (secondary N) is 1. The van der Waals surface area contributed by atoms with Crippen molar-refractivity contribution in [3.63, 3.8) is 0 Å². The number of likely N-dealkylation sites (N-methyl/N-ethyl adjacent to an activating group) is 1. The molecular formula is C25H34N4O7. The smallest absolute Gasteiger partial charge is 0.277 e. The number of carbonyl (C=O) groups is 3. The number of nitrogens with zero attached hydrogens (tertiary/aromatic N) is 3. The van der Waals surface area contributed by atoms with Gasteiger partial charge in [-0.1, -0.05) is 12.1 Å². The molecule has 0 saturated carbocycles. The first-order chi connectivity index (χ1) is 17.1. The molecule has 1 N–H and O–H groups in total. The molecule has 3 amide bonds. The maximum absolute atomic E-state index is 13.4. The summed E-state index contributed by atoms with van der Waals surface area (Å²) in [5.74, 6) is -0.112. The zero-order valence-electron chi connectivity index (χ0n) is 21.6. The third kappa shape index (κ3) is 6.41. The lowest BCUT2D eigenvalue weighted by Crippen LogP contribution is -2.49. The van der Waals surface area contributed by atoms with Crippen LogP contribution < -0.4 is 10.1 Å². The van der Waals surface area contributed by atoms with Crippen LogP contribution in [0, 0.1) is 12.8 Å². The van der Waals surface area contributed by atoms with Crippen molar-refractivity contribution >= 4 is 23.4 Å². The third-order valence-electron chi connectivity index (χ3n) is 6.15. The Labute approximate surface area is 210 Å². The first kappa shape index (κ1) is 27.2. The Morgan fingerprint density at radius 3 is 2.58 bits per heavy atom. The lowest BCUT2D eigenvalue weighted by atomic mass is 10.0. The average Bonchev–Trinajstić information content (AvgIpc) is 3.29. The van der Waals surface area contributed by atoms with Gasteiger partial charge in [0.15, 0.2) is 5.69 Å². The lowest BCUT2D eigenvalue weighted by Gasteiger charge is -2.36. The number of ether oxygens (including phenoxy) is 3. The Hall–Kier alpha value is -3.44. The van der Waals surface area contributed by atoms with Crippen LogP contribution in [0.2, 0.25) is 0 Å². The van der Waals surface area contributed by atoms with E-state index in [1.807, 2.05) is 13.8 Å². The molecule has 3 rings (SSSR count). The van der Waals surface area contributed by atoms with Crippen LogP contribution in [0.15, 0.2) is 28.8 Å². The zero-order valence-corrected chi connectivity index (χ0v) is 21.6. The normalized spacial score (nSPS) is 21.2. The number of aromatic nitrogens is 1. The quantitative estimate of drug-likeness (QED) is 0.660. The van der Waals surface area contributed by atoms with Crippen molar-refractivity contribution in [2.75, 3.05) is 52.9 Å². The van der Waals surface area contributed by atoms with Crippen LogP contribution in [0.5, 0.6) is 5.75 Å². The molecule has 0 radical (unpaired) electrons. The molecule has 0 spiro atoms. The molecule has 2 aromatic rings. The summed E-state index contributed by atoms with van der Waals surface area (Å²) >= 11 is 0. The van der Waals surface area contributed by atoms with Gasteiger partial charge in [0.2, 0.25) is 5.91 Å². The summed E-state index contributed by atoms with van der Waals surface area (Å²) in [6, 6.07) is 6.06. The summed E-state index contributed by atoms with van der Waals surface area (Å²) in [6.45, 7) is 6.39. The summed E-state index contributed by atoms with van der Waals surface area (Å²) in [7, 11) is 4.75. The van der Waals surface area contributed by atoms with Crippen LogP contribution >= 0.6 is 0 Å². The van der Waals surface area contributed by atoms with Crippen LogP contribution in [0.25, 0.3) is 0 Å². The Balaban J connectivity index is 1.93. The summed E-state index contributed by atoms with van der Waals surface area (Å²) < 4.78 is 21.8. The number of fused-ring (bicyclic) bond motifs is 1. The lowest BCUT2D eigenvalue weighted by molar-refractivity contribution is -0.139. The second-order valence-electron chi connectivity index (χ2n) is 9.06. The van der Waals surface area contributed by atoms with Crippen LogP contribution in [0.1, 0.15) is 40.5 Å². The number of anilines is 1. The van der Waals surface area contributed by atoms with E-state index < -0.39 is 5.91 Å². The van der Waals surface area contributed by atoms with E-state index in [0.29, 0.717) is 30.3 Å². The van der Waals surface area contributed by atoms with Crippen molar-refractivity contribution < 1.29 is 33.1 Å². The Morgan fingerprint density at radius 1 is 1.19 bits per heavy atom. The number of benzene rings is 1. The summed E-state index contributed by atoms with van der Waals surface area (Å²) in [6.07, 6.45) is -0.314. The van der Waals surface area contributed by atoms with Crippen molar-refractivity contribution in [3.8, 4) is 5.75 Å². The fraction of sp³-hybridized carbons (Fsp3) is 0.520. The number of hydrogen-bond acceptors (Lipinski definition) is 8. The highest BCUT2D eigenvalue weighted by Crippen LogP contribution is 2.27. The Morgan fingerprint density at radius 2 is 1.94 bits per heavy atom. The second-order valence-corrected chi connectivity index (χ2v) is 9.06. The molecule has 0 unspecified atom stereocenters. The molecule has 11 heteroatoms. The Bertz CT molecular complexity index is 1090. The van der Waals surface area contributed by atoms with Gasteiger partial charge < -0.3 is 33.9 Å². The standard InChI is InChI=1S/C25H34N4O7/c1-15-11-29(23(30)14-33-5)16(2)13-35-21-8-7-18(26-24(31)20-9-17(3)36-27-20)10-19(21)25(32)28(4)12-22(15)34-6/h7-10,15-16,22H,11-14H2,1-6H3,(H,26,31)/t15-,16+,22-/m1/s1. The maximum Gasteiger partial charge on any atom is 0.277 e. The van der Waals surface area contributed by atoms with Gasteiger partial charge in [0.25, 0.3) is 11.8 Å². The predicted molar refractivity (Wildman–Crippen MR) is 131 cm³/mol. The number of carbonyl (C=O) groups excluding carboxylic acids is 3. The van der Waals surface area contributed by atoms with E-state index in [9.17, 15) is 14.4 Å². The van der Waals surface area contributed by atoms with Gasteiger partial charge in [-0.3, -0.25) is 14.4 Å². The van der Waals surface area contributed by atoms with Gasteiger partial charge in [0.05, 0.1) is 17.7 Å². The van der Waals surface area contributed by atoms with Gasteiger partial charge in [0.1, 0.15) is 24.7 Å². The molecule has 1 aromatic carbocycles. The van der Waals surface area contributed by atoms with E-state index in [1.54, 1.807) is 49.1 Å². The molecular weight excluding hydrogens is 468 g/mol. The van der Waals surface area contributed by atoms with Gasteiger partial charge in [0, 0.05) is 52.0 Å². The van der Waals surface area contributed by atoms with E-state index in [2.05, 4.69) is 10.5 Å². The molecule has 2 heterocycles. The van der Waals surface area contributed by atoms with Gasteiger partial charge in [-0.15, -0.1) is 0 Å². The van der Waals surface area contributed by atoms with Crippen molar-refractivity contribution in [2.45, 2.75) is 32.9 Å². The van der Waals surface area contributed by atoms with E-state index in [1.165, 1.54) is 13.2 Å². The van der Waals surface area contributed by atoms with E-state index >= 15 is 0 Å². The molecule has 1 aromatic heterocycles. The molecule has 1 aliphatic rings. The summed E-state index contributed by atoms with van der Waals surface area (Å²) in [4.78, 5) is 42.0. The van der Waals surface area contributed by atoms with Crippen LogP contribution in [0.4, 0.5) is 5.69 Å². The molecule has 0 aliphatic carbocycles. The number of rotatable bonds is 5. The predicted octanol–water partition coefficient (Wildman–Crippen LogP) is 2.21. The first-order valence-electron chi connectivity index (χ1n) is 11.7. The van der Waals surface area contributed by atoms with Crippen LogP contribution in [0.3, 0.4) is 0 Å². The van der Waals surface area contributed by atoms with Gasteiger partial charge in [-0.2, -0.15) is 0 Å². The number of methoxy groups -OCH3 is 2. The second kappa shape index (κ2) is 12.0. The van der Waals surface area contributed by atoms with Crippen molar-refractivity contribution in [3.05, 3.63) is 41.3 Å². The van der Waals surface area contributed by atoms with Crippen molar-refractivity contribution in [1.29, 1.82) is 0 Å². The van der Waals surface area contributed by atoms with E-state index in [0.717, 1.165) is 0 Å². The molecule has 0 saturated heterocycles. The monoisotopic (exact) mass is 502 g/mol. The van der Waals surface area contributed by atoms with Crippen molar-refractivity contribution in [1.82, 2.24) is 15.0 Å². The average molecular weight is 503 g/mol. The minimum absolute atomic E-state index is 0.0439. The maximum atomic E-state index is 13.4. The van der Waals surface area contributed by atoms with Gasteiger partial charge in [-0.25, -0.2) is 0 Å². The molecule has 1 aliphatic heterocycles. The summed E-state index contributed by atoms with van der Waals surface area (Å²) in [5, 5.41) is 6.46. The number of hydrogen-bond donors (Lipinski definition) is 1. The highest BCUT2D eigenvalue weighted by molar-refractivity contribution is 6.04. The molecule has 0 fully saturated rings. The minimum Gasteiger partial charge on any atom is -0.491 e. The van der Waals surface area contributed by atoms with Gasteiger partial charge >= 0.3 is 0 Å². The molecule has 3 atom stereocenters. The fourth-order valence-corrected chi connectivity index (χ4v) is 4.08. The number of aryl methyl sites for hydroxylation is 1. The molecule has 196 valence electrons. The highest BCUT2D eigenvalue weighted by atomic mass is 16.5. The molecule has 0 bridgehead atoms. The van der Waals surface area contributed by atoms with Crippen LogP contribution in [-0.2, 0) is 14.3 Å². The number of amides is 3. The molecule has 36 heavy (non-hydrogen) atoms.